The minimum absolute atomic E-state index is 0.526. The molecule has 4 fully saturated rings. The van der Waals surface area contributed by atoms with Gasteiger partial charge in [-0.2, -0.15) is 0 Å². The zero-order chi connectivity index (χ0) is 17.6. The van der Waals surface area contributed by atoms with Gasteiger partial charge in [0.1, 0.15) is 0 Å². The Bertz CT molecular complexity index is 562. The molecule has 25 heavy (non-hydrogen) atoms. The highest BCUT2D eigenvalue weighted by atomic mass is 15.4. The Kier molecular flexibility index (Phi) is 4.67. The summed E-state index contributed by atoms with van der Waals surface area (Å²) in [7, 11) is 8.37. The molecule has 5 heteroatoms. The maximum Gasteiger partial charge on any atom is 0.354 e. The van der Waals surface area contributed by atoms with Crippen LogP contribution in [0.15, 0.2) is 4.99 Å². The van der Waals surface area contributed by atoms with Crippen LogP contribution in [0.1, 0.15) is 51.4 Å². The fourth-order valence-electron chi connectivity index (χ4n) is 5.97. The summed E-state index contributed by atoms with van der Waals surface area (Å²) in [6.45, 7) is 0. The van der Waals surface area contributed by atoms with Gasteiger partial charge in [0.05, 0.1) is 34.2 Å². The van der Waals surface area contributed by atoms with Crippen molar-refractivity contribution in [2.24, 2.45) is 28.7 Å². The number of rotatable bonds is 2. The zero-order valence-corrected chi connectivity index (χ0v) is 16.5. The second-order valence-corrected chi connectivity index (χ2v) is 9.38. The highest BCUT2D eigenvalue weighted by Gasteiger charge is 2.42. The van der Waals surface area contributed by atoms with Crippen LogP contribution in [-0.2, 0) is 0 Å². The van der Waals surface area contributed by atoms with Crippen LogP contribution in [0, 0.1) is 23.7 Å². The van der Waals surface area contributed by atoms with E-state index in [0.29, 0.717) is 12.1 Å². The molecule has 0 aliphatic heterocycles. The predicted octanol–water partition coefficient (Wildman–Crippen LogP) is 2.09. The molecule has 0 spiro atoms. The van der Waals surface area contributed by atoms with Crippen LogP contribution >= 0.6 is 0 Å². The van der Waals surface area contributed by atoms with Crippen LogP contribution < -0.4 is 10.6 Å². The number of nitrogens with zero attached hydrogens (tertiary/aromatic N) is 3. The Morgan fingerprint density at radius 1 is 0.920 bits per heavy atom. The Morgan fingerprint density at radius 2 is 1.60 bits per heavy atom. The van der Waals surface area contributed by atoms with Crippen molar-refractivity contribution in [1.29, 1.82) is 0 Å². The molecule has 2 N–H and O–H groups in total. The van der Waals surface area contributed by atoms with Crippen molar-refractivity contribution in [1.82, 2.24) is 15.5 Å². The van der Waals surface area contributed by atoms with Crippen LogP contribution in [0.3, 0.4) is 0 Å². The summed E-state index contributed by atoms with van der Waals surface area (Å²) >= 11 is 0. The van der Waals surface area contributed by atoms with E-state index in [4.69, 9.17) is 4.99 Å². The summed E-state index contributed by atoms with van der Waals surface area (Å²) in [4.78, 5) is 7.37. The van der Waals surface area contributed by atoms with E-state index in [1.54, 1.807) is 0 Å². The molecule has 6 atom stereocenters. The van der Waals surface area contributed by atoms with Gasteiger partial charge in [0.25, 0.3) is 5.96 Å². The van der Waals surface area contributed by atoms with Gasteiger partial charge in [-0.05, 0) is 62.2 Å². The van der Waals surface area contributed by atoms with Crippen molar-refractivity contribution < 1.29 is 4.58 Å². The lowest BCUT2D eigenvalue weighted by Gasteiger charge is -2.26. The molecule has 6 unspecified atom stereocenters. The minimum atomic E-state index is 0.526. The highest BCUT2D eigenvalue weighted by Crippen LogP contribution is 2.46. The Balaban J connectivity index is 1.51. The van der Waals surface area contributed by atoms with Crippen LogP contribution in [0.4, 0.5) is 0 Å². The second kappa shape index (κ2) is 6.81. The van der Waals surface area contributed by atoms with E-state index in [1.165, 1.54) is 51.4 Å². The van der Waals surface area contributed by atoms with Crippen molar-refractivity contribution in [3.63, 3.8) is 0 Å². The first-order valence-electron chi connectivity index (χ1n) is 10.3. The summed E-state index contributed by atoms with van der Waals surface area (Å²) in [5.41, 5.74) is 0. The smallest absolute Gasteiger partial charge is 0.340 e. The SMILES string of the molecule is CN(C)C(NC(=NC1CC2CCC1C2)NC1CC2CCC1C2)=[N+](C)C. The van der Waals surface area contributed by atoms with Gasteiger partial charge in [0.15, 0.2) is 0 Å². The van der Waals surface area contributed by atoms with Gasteiger partial charge in [-0.15, -0.1) is 0 Å². The average Bonchev–Trinajstić information content (AvgIpc) is 3.32. The van der Waals surface area contributed by atoms with E-state index in [9.17, 15) is 0 Å². The predicted molar refractivity (Wildman–Crippen MR) is 103 cm³/mol. The van der Waals surface area contributed by atoms with E-state index >= 15 is 0 Å². The third kappa shape index (κ3) is 3.52. The Labute approximate surface area is 153 Å². The number of fused-ring (bicyclic) bond motifs is 4. The molecule has 0 aromatic heterocycles. The van der Waals surface area contributed by atoms with Gasteiger partial charge in [0.2, 0.25) is 0 Å². The molecule has 0 aromatic rings. The molecule has 4 aliphatic carbocycles. The lowest BCUT2D eigenvalue weighted by Crippen LogP contribution is -2.53. The van der Waals surface area contributed by atoms with Gasteiger partial charge >= 0.3 is 5.96 Å². The van der Waals surface area contributed by atoms with Gasteiger partial charge in [-0.25, -0.2) is 10.3 Å². The normalized spacial score (nSPS) is 39.0. The number of hydrogen-bond acceptors (Lipinski definition) is 1. The minimum Gasteiger partial charge on any atom is -0.340 e. The molecule has 4 bridgehead atoms. The van der Waals surface area contributed by atoms with Crippen LogP contribution in [0.25, 0.3) is 0 Å². The lowest BCUT2D eigenvalue weighted by atomic mass is 9.95. The molecular weight excluding hydrogens is 310 g/mol. The number of nitrogens with one attached hydrogen (secondary N) is 2. The molecule has 4 saturated carbocycles. The fraction of sp³-hybridized carbons (Fsp3) is 0.900. The first-order chi connectivity index (χ1) is 12.0. The average molecular weight is 347 g/mol. The summed E-state index contributed by atoms with van der Waals surface area (Å²) in [5.74, 6) is 5.70. The number of hydrogen-bond donors (Lipinski definition) is 2. The van der Waals surface area contributed by atoms with Crippen molar-refractivity contribution in [2.75, 3.05) is 28.2 Å². The van der Waals surface area contributed by atoms with Crippen molar-refractivity contribution in [3.05, 3.63) is 0 Å². The van der Waals surface area contributed by atoms with Crippen molar-refractivity contribution in [3.8, 4) is 0 Å². The first kappa shape index (κ1) is 17.2. The topological polar surface area (TPSA) is 42.7 Å². The third-order valence-corrected chi connectivity index (χ3v) is 7.13. The van der Waals surface area contributed by atoms with Crippen molar-refractivity contribution in [2.45, 2.75) is 63.5 Å². The molecule has 0 saturated heterocycles. The molecule has 4 aliphatic rings. The second-order valence-electron chi connectivity index (χ2n) is 9.38. The maximum absolute atomic E-state index is 5.23. The third-order valence-electron chi connectivity index (χ3n) is 7.13. The van der Waals surface area contributed by atoms with Gasteiger partial charge < -0.3 is 5.32 Å². The standard InChI is InChI=1S/C20H35N5/c1-24(2)20(25(3)4)23-19(21-17-11-13-5-7-15(17)9-13)22-18-12-14-6-8-16(18)10-14/h13-18H,5-12H2,1-4H3,(H,21,22)/p+1. The van der Waals surface area contributed by atoms with E-state index in [0.717, 1.165) is 35.6 Å². The van der Waals surface area contributed by atoms with E-state index in [1.807, 2.05) is 0 Å². The summed E-state index contributed by atoms with van der Waals surface area (Å²) < 4.78 is 2.14. The summed E-state index contributed by atoms with van der Waals surface area (Å²) in [6, 6.07) is 1.15. The summed E-state index contributed by atoms with van der Waals surface area (Å²) in [5, 5.41) is 7.47. The molecule has 0 heterocycles. The molecule has 0 aromatic carbocycles. The maximum atomic E-state index is 5.23. The van der Waals surface area contributed by atoms with Crippen LogP contribution in [0.5, 0.6) is 0 Å². The fourth-order valence-corrected chi connectivity index (χ4v) is 5.97. The van der Waals surface area contributed by atoms with E-state index in [-0.39, 0.29) is 0 Å². The molecule has 4 rings (SSSR count). The Morgan fingerprint density at radius 3 is 2.08 bits per heavy atom. The molecule has 0 amide bonds. The quantitative estimate of drug-likeness (QED) is 0.457. The summed E-state index contributed by atoms with van der Waals surface area (Å²) in [6.07, 6.45) is 11.1. The van der Waals surface area contributed by atoms with E-state index in [2.05, 4.69) is 48.3 Å². The van der Waals surface area contributed by atoms with Gasteiger partial charge in [0, 0.05) is 6.04 Å². The van der Waals surface area contributed by atoms with Crippen molar-refractivity contribution >= 4 is 11.9 Å². The number of aliphatic imine (C=N–C) groups is 1. The number of guanidine groups is 2. The lowest BCUT2D eigenvalue weighted by molar-refractivity contribution is -0.471. The monoisotopic (exact) mass is 346 g/mol. The van der Waals surface area contributed by atoms with Gasteiger partial charge in [-0.3, -0.25) is 9.48 Å². The molecular formula is C20H36N5+. The van der Waals surface area contributed by atoms with Crippen LogP contribution in [0.2, 0.25) is 0 Å². The van der Waals surface area contributed by atoms with Crippen LogP contribution in [-0.4, -0.2) is 61.7 Å². The van der Waals surface area contributed by atoms with E-state index < -0.39 is 0 Å². The largest absolute Gasteiger partial charge is 0.354 e. The first-order valence-corrected chi connectivity index (χ1v) is 10.3. The highest BCUT2D eigenvalue weighted by molar-refractivity contribution is 5.96. The van der Waals surface area contributed by atoms with Gasteiger partial charge in [-0.1, -0.05) is 12.8 Å². The molecule has 0 radical (unpaired) electrons. The Hall–Kier alpha value is -1.26. The molecule has 140 valence electrons. The zero-order valence-electron chi connectivity index (χ0n) is 16.5. The molecule has 5 nitrogen and oxygen atoms in total.